The van der Waals surface area contributed by atoms with Gasteiger partial charge in [0.2, 0.25) is 0 Å². The molecule has 0 N–H and O–H groups in total. The van der Waals surface area contributed by atoms with E-state index in [2.05, 4.69) is 11.1 Å². The molecule has 0 aliphatic carbocycles. The summed E-state index contributed by atoms with van der Waals surface area (Å²) in [5.74, 6) is 1.49. The van der Waals surface area contributed by atoms with Gasteiger partial charge in [0.15, 0.2) is 0 Å². The Hall–Kier alpha value is -3.76. The van der Waals surface area contributed by atoms with Crippen molar-refractivity contribution >= 4 is 22.5 Å². The molecule has 0 amide bonds. The Bertz CT molecular complexity index is 1380. The van der Waals surface area contributed by atoms with Crippen LogP contribution in [0.5, 0.6) is 11.5 Å². The number of aromatic nitrogens is 1. The lowest BCUT2D eigenvalue weighted by atomic mass is 9.99. The topological polar surface area (TPSA) is 44.5 Å². The van der Waals surface area contributed by atoms with Crippen LogP contribution < -0.4 is 9.47 Å². The summed E-state index contributed by atoms with van der Waals surface area (Å²) in [5.41, 5.74) is 5.59. The lowest BCUT2D eigenvalue weighted by molar-refractivity contribution is 0.302. The smallest absolute Gasteiger partial charge is 0.130 e. The number of halogens is 1. The number of rotatable bonds is 6. The van der Waals surface area contributed by atoms with Crippen LogP contribution in [0.2, 0.25) is 5.02 Å². The molecule has 3 aromatic carbocycles. The zero-order valence-electron chi connectivity index (χ0n) is 17.4. The van der Waals surface area contributed by atoms with Crippen LogP contribution in [-0.2, 0) is 6.61 Å². The van der Waals surface area contributed by atoms with Crippen LogP contribution in [0.1, 0.15) is 5.69 Å². The Balaban J connectivity index is 1.36. The molecule has 2 heterocycles. The fourth-order valence-electron chi connectivity index (χ4n) is 3.65. The second-order valence-corrected chi connectivity index (χ2v) is 7.76. The molecule has 0 fully saturated rings. The second kappa shape index (κ2) is 8.77. The van der Waals surface area contributed by atoms with Gasteiger partial charge in [0.1, 0.15) is 18.1 Å². The first-order valence-corrected chi connectivity index (χ1v) is 10.6. The molecule has 158 valence electrons. The van der Waals surface area contributed by atoms with E-state index in [4.69, 9.17) is 25.5 Å². The van der Waals surface area contributed by atoms with Gasteiger partial charge < -0.3 is 13.9 Å². The van der Waals surface area contributed by atoms with Gasteiger partial charge in [-0.05, 0) is 48.0 Å². The fourth-order valence-corrected chi connectivity index (χ4v) is 3.92. The summed E-state index contributed by atoms with van der Waals surface area (Å²) in [5, 5.41) is 1.70. The first-order chi connectivity index (χ1) is 15.7. The SMILES string of the molecule is COc1ccc(-c2cocc2-c2ccc(OCc3ccc4ccccc4n3)cc2Cl)cc1. The van der Waals surface area contributed by atoms with Crippen molar-refractivity contribution in [1.82, 2.24) is 4.98 Å². The molecule has 0 radical (unpaired) electrons. The van der Waals surface area contributed by atoms with Crippen molar-refractivity contribution in [2.75, 3.05) is 7.11 Å². The molecule has 32 heavy (non-hydrogen) atoms. The number of benzene rings is 3. The number of methoxy groups -OCH3 is 1. The van der Waals surface area contributed by atoms with E-state index in [1.165, 1.54) is 0 Å². The van der Waals surface area contributed by atoms with Gasteiger partial charge in [0, 0.05) is 22.1 Å². The number of fused-ring (bicyclic) bond motifs is 1. The van der Waals surface area contributed by atoms with Gasteiger partial charge >= 0.3 is 0 Å². The zero-order valence-corrected chi connectivity index (χ0v) is 18.2. The summed E-state index contributed by atoms with van der Waals surface area (Å²) in [7, 11) is 1.65. The largest absolute Gasteiger partial charge is 0.497 e. The second-order valence-electron chi connectivity index (χ2n) is 7.35. The van der Waals surface area contributed by atoms with Gasteiger partial charge in [-0.25, -0.2) is 4.98 Å². The van der Waals surface area contributed by atoms with Crippen molar-refractivity contribution in [2.24, 2.45) is 0 Å². The lowest BCUT2D eigenvalue weighted by Crippen LogP contribution is -1.98. The van der Waals surface area contributed by atoms with E-state index in [0.29, 0.717) is 17.4 Å². The third-order valence-corrected chi connectivity index (χ3v) is 5.65. The molecular weight excluding hydrogens is 422 g/mol. The van der Waals surface area contributed by atoms with Crippen LogP contribution in [0, 0.1) is 0 Å². The minimum Gasteiger partial charge on any atom is -0.497 e. The van der Waals surface area contributed by atoms with Gasteiger partial charge in [-0.1, -0.05) is 48.0 Å². The molecular formula is C27H20ClNO3. The highest BCUT2D eigenvalue weighted by Gasteiger charge is 2.14. The predicted molar refractivity (Wildman–Crippen MR) is 127 cm³/mol. The number of hydrogen-bond donors (Lipinski definition) is 0. The van der Waals surface area contributed by atoms with Gasteiger partial charge in [-0.15, -0.1) is 0 Å². The number of hydrogen-bond acceptors (Lipinski definition) is 4. The lowest BCUT2D eigenvalue weighted by Gasteiger charge is -2.10. The molecule has 0 saturated heterocycles. The Morgan fingerprint density at radius 1 is 0.812 bits per heavy atom. The third-order valence-electron chi connectivity index (χ3n) is 5.34. The van der Waals surface area contributed by atoms with Gasteiger partial charge in [0.05, 0.1) is 35.9 Å². The number of furan rings is 1. The van der Waals surface area contributed by atoms with E-state index in [1.807, 2.05) is 72.8 Å². The maximum atomic E-state index is 6.63. The van der Waals surface area contributed by atoms with Crippen LogP contribution in [0.3, 0.4) is 0 Å². The van der Waals surface area contributed by atoms with E-state index in [-0.39, 0.29) is 0 Å². The zero-order chi connectivity index (χ0) is 21.9. The number of pyridine rings is 1. The summed E-state index contributed by atoms with van der Waals surface area (Å²) in [6.45, 7) is 0.364. The highest BCUT2D eigenvalue weighted by Crippen LogP contribution is 2.38. The van der Waals surface area contributed by atoms with E-state index >= 15 is 0 Å². The highest BCUT2D eigenvalue weighted by atomic mass is 35.5. The summed E-state index contributed by atoms with van der Waals surface area (Å²) < 4.78 is 16.7. The van der Waals surface area contributed by atoms with E-state index in [0.717, 1.165) is 44.6 Å². The molecule has 0 atom stereocenters. The Morgan fingerprint density at radius 2 is 1.59 bits per heavy atom. The molecule has 5 aromatic rings. The van der Waals surface area contributed by atoms with Crippen molar-refractivity contribution in [2.45, 2.75) is 6.61 Å². The van der Waals surface area contributed by atoms with Gasteiger partial charge in [0.25, 0.3) is 0 Å². The molecule has 5 rings (SSSR count). The monoisotopic (exact) mass is 441 g/mol. The van der Waals surface area contributed by atoms with Gasteiger partial charge in [-0.3, -0.25) is 0 Å². The first kappa shape index (κ1) is 20.2. The summed E-state index contributed by atoms with van der Waals surface area (Å²) >= 11 is 6.63. The Morgan fingerprint density at radius 3 is 2.41 bits per heavy atom. The quantitative estimate of drug-likeness (QED) is 0.275. The number of para-hydroxylation sites is 1. The van der Waals surface area contributed by atoms with Crippen molar-refractivity contribution in [1.29, 1.82) is 0 Å². The first-order valence-electron chi connectivity index (χ1n) is 10.2. The van der Waals surface area contributed by atoms with Crippen LogP contribution >= 0.6 is 11.6 Å². The van der Waals surface area contributed by atoms with Crippen LogP contribution in [-0.4, -0.2) is 12.1 Å². The van der Waals surface area contributed by atoms with Crippen molar-refractivity contribution < 1.29 is 13.9 Å². The maximum absolute atomic E-state index is 6.63. The third kappa shape index (κ3) is 4.05. The van der Waals surface area contributed by atoms with Crippen molar-refractivity contribution in [3.05, 3.63) is 102 Å². The van der Waals surface area contributed by atoms with Crippen LogP contribution in [0.4, 0.5) is 0 Å². The molecule has 0 spiro atoms. The minimum atomic E-state index is 0.364. The molecule has 0 bridgehead atoms. The number of ether oxygens (including phenoxy) is 2. The summed E-state index contributed by atoms with van der Waals surface area (Å²) in [6.07, 6.45) is 3.43. The van der Waals surface area contributed by atoms with E-state index in [9.17, 15) is 0 Å². The average Bonchev–Trinajstić information content (AvgIpc) is 3.32. The average molecular weight is 442 g/mol. The standard InChI is InChI=1S/C27H20ClNO3/c1-30-21-10-7-18(8-11-21)24-16-31-17-25(24)23-13-12-22(14-26(23)28)32-15-20-9-6-19-4-2-3-5-27(19)29-20/h2-14,16-17H,15H2,1H3. The molecule has 0 unspecified atom stereocenters. The Kier molecular flexibility index (Phi) is 5.53. The summed E-state index contributed by atoms with van der Waals surface area (Å²) in [6, 6.07) is 25.6. The highest BCUT2D eigenvalue weighted by molar-refractivity contribution is 6.33. The van der Waals surface area contributed by atoms with Gasteiger partial charge in [-0.2, -0.15) is 0 Å². The van der Waals surface area contributed by atoms with Crippen LogP contribution in [0.25, 0.3) is 33.2 Å². The minimum absolute atomic E-state index is 0.364. The molecule has 4 nitrogen and oxygen atoms in total. The molecule has 2 aromatic heterocycles. The molecule has 0 aliphatic rings. The molecule has 5 heteroatoms. The summed E-state index contributed by atoms with van der Waals surface area (Å²) in [4.78, 5) is 4.65. The Labute approximate surface area is 191 Å². The normalized spacial score (nSPS) is 10.9. The van der Waals surface area contributed by atoms with E-state index in [1.54, 1.807) is 19.6 Å². The fraction of sp³-hybridized carbons (Fsp3) is 0.0741. The van der Waals surface area contributed by atoms with Crippen molar-refractivity contribution in [3.8, 4) is 33.8 Å². The number of nitrogens with zero attached hydrogens (tertiary/aromatic N) is 1. The van der Waals surface area contributed by atoms with E-state index < -0.39 is 0 Å². The predicted octanol–water partition coefficient (Wildman–Crippen LogP) is 7.40. The maximum Gasteiger partial charge on any atom is 0.130 e. The molecule has 0 saturated carbocycles. The van der Waals surface area contributed by atoms with Crippen molar-refractivity contribution in [3.63, 3.8) is 0 Å². The molecule has 0 aliphatic heterocycles. The van der Waals surface area contributed by atoms with Crippen LogP contribution in [0.15, 0.2) is 95.8 Å².